The van der Waals surface area contributed by atoms with E-state index < -0.39 is 5.92 Å². The van der Waals surface area contributed by atoms with E-state index in [1.165, 1.54) is 18.5 Å². The largest absolute Gasteiger partial charge is 0.314 e. The van der Waals surface area contributed by atoms with Crippen LogP contribution in [0.5, 0.6) is 0 Å². The van der Waals surface area contributed by atoms with E-state index in [-0.39, 0.29) is 18.0 Å². The van der Waals surface area contributed by atoms with Gasteiger partial charge in [-0.2, -0.15) is 0 Å². The zero-order valence-corrected chi connectivity index (χ0v) is 9.13. The van der Waals surface area contributed by atoms with Gasteiger partial charge in [0.2, 0.25) is 0 Å². The normalized spacial score (nSPS) is 22.0. The number of nitrogens with one attached hydrogen (secondary N) is 1. The van der Waals surface area contributed by atoms with Crippen LogP contribution in [0.2, 0.25) is 0 Å². The topological polar surface area (TPSA) is 24.9 Å². The summed E-state index contributed by atoms with van der Waals surface area (Å²) in [6.07, 6.45) is 5.62. The van der Waals surface area contributed by atoms with E-state index in [0.29, 0.717) is 0 Å². The van der Waals surface area contributed by atoms with Crippen molar-refractivity contribution >= 4 is 0 Å². The summed E-state index contributed by atoms with van der Waals surface area (Å²) >= 11 is 0. The minimum atomic E-state index is -2.77. The van der Waals surface area contributed by atoms with Gasteiger partial charge < -0.3 is 5.32 Å². The fourth-order valence-corrected chi connectivity index (χ4v) is 2.10. The molecule has 0 bridgehead atoms. The molecule has 1 saturated heterocycles. The number of hydrogen-bond acceptors (Lipinski definition) is 2. The summed E-state index contributed by atoms with van der Waals surface area (Å²) in [6, 6.07) is 2.93. The van der Waals surface area contributed by atoms with Gasteiger partial charge in [0.25, 0.3) is 5.92 Å². The van der Waals surface area contributed by atoms with E-state index >= 15 is 0 Å². The Balaban J connectivity index is 2.01. The zero-order chi connectivity index (χ0) is 11.4. The monoisotopic (exact) mass is 226 g/mol. The number of nitrogens with zero attached hydrogens (tertiary/aromatic N) is 1. The van der Waals surface area contributed by atoms with Crippen LogP contribution in [0.4, 0.5) is 8.78 Å². The maximum atomic E-state index is 13.9. The van der Waals surface area contributed by atoms with Crippen molar-refractivity contribution in [1.82, 2.24) is 10.3 Å². The molecule has 0 aliphatic carbocycles. The van der Waals surface area contributed by atoms with Crippen LogP contribution in [-0.2, 0) is 5.92 Å². The summed E-state index contributed by atoms with van der Waals surface area (Å²) in [7, 11) is 0. The molecule has 2 nitrogen and oxygen atoms in total. The molecule has 1 atom stereocenters. The van der Waals surface area contributed by atoms with Crippen LogP contribution in [0.25, 0.3) is 0 Å². The molecule has 1 aliphatic rings. The second-order valence-corrected chi connectivity index (χ2v) is 4.30. The molecule has 0 radical (unpaired) electrons. The van der Waals surface area contributed by atoms with Crippen LogP contribution in [0.3, 0.4) is 0 Å². The fourth-order valence-electron chi connectivity index (χ4n) is 2.10. The first kappa shape index (κ1) is 11.5. The van der Waals surface area contributed by atoms with Crippen LogP contribution in [-0.4, -0.2) is 17.6 Å². The molecule has 0 saturated carbocycles. The molecule has 1 N–H and O–H groups in total. The van der Waals surface area contributed by atoms with Crippen molar-refractivity contribution < 1.29 is 8.78 Å². The Bertz CT molecular complexity index is 321. The Labute approximate surface area is 94.1 Å². The van der Waals surface area contributed by atoms with Gasteiger partial charge in [-0.25, -0.2) is 8.78 Å². The molecule has 88 valence electrons. The van der Waals surface area contributed by atoms with Gasteiger partial charge in [-0.3, -0.25) is 4.98 Å². The van der Waals surface area contributed by atoms with Crippen LogP contribution in [0, 0.1) is 0 Å². The van der Waals surface area contributed by atoms with Crippen LogP contribution < -0.4 is 5.32 Å². The predicted molar refractivity (Wildman–Crippen MR) is 58.4 cm³/mol. The molecule has 0 aromatic carbocycles. The predicted octanol–water partition coefficient (Wildman–Crippen LogP) is 2.71. The lowest BCUT2D eigenvalue weighted by Gasteiger charge is -2.27. The highest BCUT2D eigenvalue weighted by Crippen LogP contribution is 2.33. The maximum absolute atomic E-state index is 13.9. The maximum Gasteiger partial charge on any atom is 0.276 e. The molecule has 2 rings (SSSR count). The van der Waals surface area contributed by atoms with Crippen molar-refractivity contribution in [2.24, 2.45) is 0 Å². The molecule has 1 aliphatic heterocycles. The molecular weight excluding hydrogens is 210 g/mol. The lowest BCUT2D eigenvalue weighted by atomic mass is 9.96. The van der Waals surface area contributed by atoms with E-state index in [1.54, 1.807) is 6.07 Å². The lowest BCUT2D eigenvalue weighted by molar-refractivity contribution is -0.0256. The quantitative estimate of drug-likeness (QED) is 0.857. The minimum Gasteiger partial charge on any atom is -0.314 e. The van der Waals surface area contributed by atoms with Gasteiger partial charge >= 0.3 is 0 Å². The van der Waals surface area contributed by atoms with Gasteiger partial charge in [0.05, 0.1) is 0 Å². The van der Waals surface area contributed by atoms with Crippen molar-refractivity contribution in [3.8, 4) is 0 Å². The molecule has 1 unspecified atom stereocenters. The minimum absolute atomic E-state index is 0.0161. The molecular formula is C12H16F2N2. The van der Waals surface area contributed by atoms with Crippen molar-refractivity contribution in [1.29, 1.82) is 0 Å². The fraction of sp³-hybridized carbons (Fsp3) is 0.583. The second-order valence-electron chi connectivity index (χ2n) is 4.30. The van der Waals surface area contributed by atoms with Crippen molar-refractivity contribution in [2.45, 2.75) is 37.6 Å². The molecule has 0 spiro atoms. The van der Waals surface area contributed by atoms with E-state index in [0.717, 1.165) is 25.8 Å². The van der Waals surface area contributed by atoms with Gasteiger partial charge in [-0.05, 0) is 31.5 Å². The summed E-state index contributed by atoms with van der Waals surface area (Å²) < 4.78 is 27.7. The first-order valence-corrected chi connectivity index (χ1v) is 5.70. The van der Waals surface area contributed by atoms with E-state index in [9.17, 15) is 8.78 Å². The Morgan fingerprint density at radius 2 is 2.31 bits per heavy atom. The van der Waals surface area contributed by atoms with E-state index in [2.05, 4.69) is 10.3 Å². The number of aromatic nitrogens is 1. The Morgan fingerprint density at radius 1 is 1.44 bits per heavy atom. The van der Waals surface area contributed by atoms with Gasteiger partial charge in [0, 0.05) is 30.4 Å². The number of rotatable bonds is 3. The Hall–Kier alpha value is -1.03. The number of halogens is 2. The summed E-state index contributed by atoms with van der Waals surface area (Å²) in [5.41, 5.74) is 0.0161. The molecule has 2 heterocycles. The average molecular weight is 226 g/mol. The standard InChI is InChI=1S/C12H16F2N2/c13-12(14,10-4-3-6-15-9-10)8-11-5-1-2-7-16-11/h3-4,6,9,11,16H,1-2,5,7-8H2. The van der Waals surface area contributed by atoms with Crippen molar-refractivity contribution in [2.75, 3.05) is 6.54 Å². The highest BCUT2D eigenvalue weighted by atomic mass is 19.3. The van der Waals surface area contributed by atoms with Crippen LogP contribution in [0.15, 0.2) is 24.5 Å². The summed E-state index contributed by atoms with van der Waals surface area (Å²) in [4.78, 5) is 3.74. The highest BCUT2D eigenvalue weighted by Gasteiger charge is 2.35. The third-order valence-electron chi connectivity index (χ3n) is 3.00. The number of piperidine rings is 1. The van der Waals surface area contributed by atoms with Crippen LogP contribution >= 0.6 is 0 Å². The first-order valence-electron chi connectivity index (χ1n) is 5.70. The first-order chi connectivity index (χ1) is 7.68. The SMILES string of the molecule is FC(F)(CC1CCCCN1)c1cccnc1. The number of pyridine rings is 1. The summed E-state index contributed by atoms with van der Waals surface area (Å²) in [6.45, 7) is 0.855. The molecule has 1 fully saturated rings. The molecule has 4 heteroatoms. The van der Waals surface area contributed by atoms with Gasteiger partial charge in [0.1, 0.15) is 0 Å². The van der Waals surface area contributed by atoms with Gasteiger partial charge in [0.15, 0.2) is 0 Å². The highest BCUT2D eigenvalue weighted by molar-refractivity contribution is 5.15. The third-order valence-corrected chi connectivity index (χ3v) is 3.00. The lowest BCUT2D eigenvalue weighted by Crippen LogP contribution is -2.38. The molecule has 16 heavy (non-hydrogen) atoms. The average Bonchev–Trinajstić information content (AvgIpc) is 2.31. The second kappa shape index (κ2) is 4.87. The molecule has 0 amide bonds. The van der Waals surface area contributed by atoms with Gasteiger partial charge in [-0.1, -0.05) is 6.42 Å². The summed E-state index contributed by atoms with van der Waals surface area (Å²) in [5, 5.41) is 3.14. The van der Waals surface area contributed by atoms with E-state index in [4.69, 9.17) is 0 Å². The Morgan fingerprint density at radius 3 is 2.94 bits per heavy atom. The number of alkyl halides is 2. The Kier molecular flexibility index (Phi) is 3.49. The third kappa shape index (κ3) is 2.76. The van der Waals surface area contributed by atoms with E-state index in [1.807, 2.05) is 0 Å². The van der Waals surface area contributed by atoms with Crippen molar-refractivity contribution in [3.63, 3.8) is 0 Å². The molecule has 1 aromatic heterocycles. The van der Waals surface area contributed by atoms with Gasteiger partial charge in [-0.15, -0.1) is 0 Å². The van der Waals surface area contributed by atoms with Crippen molar-refractivity contribution in [3.05, 3.63) is 30.1 Å². The summed E-state index contributed by atoms with van der Waals surface area (Å²) in [5.74, 6) is -2.77. The molecule has 1 aromatic rings. The van der Waals surface area contributed by atoms with Crippen LogP contribution in [0.1, 0.15) is 31.2 Å². The number of hydrogen-bond donors (Lipinski definition) is 1. The smallest absolute Gasteiger partial charge is 0.276 e. The zero-order valence-electron chi connectivity index (χ0n) is 9.13.